The zero-order valence-corrected chi connectivity index (χ0v) is 18.3. The van der Waals surface area contributed by atoms with Gasteiger partial charge >= 0.3 is 6.03 Å². The SMILES string of the molecule is COc1ccc(C2N(C(=O)N(C)C)C(C)CN2S(=O)(=O)c2ccc(Cl)cc2)cc1. The lowest BCUT2D eigenvalue weighted by atomic mass is 10.1. The molecule has 0 bridgehead atoms. The van der Waals surface area contributed by atoms with Crippen molar-refractivity contribution in [3.8, 4) is 5.75 Å². The molecule has 156 valence electrons. The summed E-state index contributed by atoms with van der Waals surface area (Å²) >= 11 is 5.92. The molecule has 0 aliphatic carbocycles. The van der Waals surface area contributed by atoms with E-state index >= 15 is 0 Å². The zero-order chi connectivity index (χ0) is 21.3. The molecule has 2 aromatic rings. The van der Waals surface area contributed by atoms with Crippen LogP contribution in [0, 0.1) is 0 Å². The number of methoxy groups -OCH3 is 1. The highest BCUT2D eigenvalue weighted by Crippen LogP contribution is 2.39. The monoisotopic (exact) mass is 437 g/mol. The highest BCUT2D eigenvalue weighted by molar-refractivity contribution is 7.89. The molecule has 2 atom stereocenters. The molecule has 1 heterocycles. The van der Waals surface area contributed by atoms with Crippen molar-refractivity contribution in [3.05, 3.63) is 59.1 Å². The van der Waals surface area contributed by atoms with Crippen LogP contribution in [0.1, 0.15) is 18.7 Å². The van der Waals surface area contributed by atoms with E-state index in [1.807, 2.05) is 6.92 Å². The highest BCUT2D eigenvalue weighted by atomic mass is 35.5. The molecule has 0 spiro atoms. The quantitative estimate of drug-likeness (QED) is 0.734. The fourth-order valence-electron chi connectivity index (χ4n) is 3.43. The summed E-state index contributed by atoms with van der Waals surface area (Å²) < 4.78 is 33.5. The van der Waals surface area contributed by atoms with E-state index in [0.29, 0.717) is 16.3 Å². The van der Waals surface area contributed by atoms with Crippen LogP contribution in [0.3, 0.4) is 0 Å². The molecule has 1 saturated heterocycles. The van der Waals surface area contributed by atoms with Crippen LogP contribution < -0.4 is 4.74 Å². The van der Waals surface area contributed by atoms with E-state index in [-0.39, 0.29) is 23.5 Å². The Labute approximate surface area is 176 Å². The summed E-state index contributed by atoms with van der Waals surface area (Å²) in [5.74, 6) is 0.650. The van der Waals surface area contributed by atoms with Gasteiger partial charge in [-0.05, 0) is 48.9 Å². The lowest BCUT2D eigenvalue weighted by Gasteiger charge is -2.33. The van der Waals surface area contributed by atoms with Gasteiger partial charge in [0.05, 0.1) is 12.0 Å². The van der Waals surface area contributed by atoms with Gasteiger partial charge in [0.15, 0.2) is 0 Å². The van der Waals surface area contributed by atoms with Crippen LogP contribution in [0.2, 0.25) is 5.02 Å². The molecule has 2 unspecified atom stereocenters. The minimum Gasteiger partial charge on any atom is -0.497 e. The van der Waals surface area contributed by atoms with E-state index < -0.39 is 16.2 Å². The molecule has 3 rings (SSSR count). The van der Waals surface area contributed by atoms with Gasteiger partial charge in [0.2, 0.25) is 10.0 Å². The Morgan fingerprint density at radius 2 is 1.69 bits per heavy atom. The number of amides is 2. The first-order chi connectivity index (χ1) is 13.7. The number of benzene rings is 2. The topological polar surface area (TPSA) is 70.2 Å². The number of urea groups is 1. The molecule has 29 heavy (non-hydrogen) atoms. The predicted octanol–water partition coefficient (Wildman–Crippen LogP) is 3.42. The van der Waals surface area contributed by atoms with E-state index in [1.165, 1.54) is 21.3 Å². The van der Waals surface area contributed by atoms with Gasteiger partial charge in [-0.25, -0.2) is 13.2 Å². The standard InChI is InChI=1S/C20H24ClN3O4S/c1-14-13-23(29(26,27)18-11-7-16(21)8-12-18)19(24(14)20(25)22(2)3)15-5-9-17(28-4)10-6-15/h5-12,14,19H,13H2,1-4H3. The first-order valence-electron chi connectivity index (χ1n) is 9.07. The van der Waals surface area contributed by atoms with E-state index in [1.54, 1.807) is 62.5 Å². The Kier molecular flexibility index (Phi) is 6.07. The molecule has 1 fully saturated rings. The lowest BCUT2D eigenvalue weighted by molar-refractivity contribution is 0.138. The number of carbonyl (C=O) groups is 1. The maximum Gasteiger partial charge on any atom is 0.321 e. The van der Waals surface area contributed by atoms with Gasteiger partial charge < -0.3 is 9.64 Å². The van der Waals surface area contributed by atoms with E-state index in [4.69, 9.17) is 16.3 Å². The second-order valence-corrected chi connectivity index (χ2v) is 9.44. The van der Waals surface area contributed by atoms with Crippen molar-refractivity contribution in [1.82, 2.24) is 14.1 Å². The summed E-state index contributed by atoms with van der Waals surface area (Å²) in [6.45, 7) is 2.02. The predicted molar refractivity (Wildman–Crippen MR) is 111 cm³/mol. The maximum absolute atomic E-state index is 13.4. The van der Waals surface area contributed by atoms with Gasteiger partial charge in [-0.2, -0.15) is 4.31 Å². The minimum absolute atomic E-state index is 0.131. The summed E-state index contributed by atoms with van der Waals surface area (Å²) in [6.07, 6.45) is -0.772. The summed E-state index contributed by atoms with van der Waals surface area (Å²) in [4.78, 5) is 16.1. The molecule has 0 N–H and O–H groups in total. The van der Waals surface area contributed by atoms with E-state index in [2.05, 4.69) is 0 Å². The van der Waals surface area contributed by atoms with Crippen molar-refractivity contribution in [2.75, 3.05) is 27.7 Å². The third kappa shape index (κ3) is 4.05. The van der Waals surface area contributed by atoms with Crippen molar-refractivity contribution in [2.24, 2.45) is 0 Å². The van der Waals surface area contributed by atoms with Crippen molar-refractivity contribution in [2.45, 2.75) is 24.0 Å². The Bertz CT molecular complexity index is 978. The molecule has 1 aliphatic rings. The smallest absolute Gasteiger partial charge is 0.321 e. The van der Waals surface area contributed by atoms with E-state index in [0.717, 1.165) is 0 Å². The van der Waals surface area contributed by atoms with Crippen molar-refractivity contribution >= 4 is 27.7 Å². The molecule has 2 aromatic carbocycles. The molecule has 2 amide bonds. The average molecular weight is 438 g/mol. The second kappa shape index (κ2) is 8.22. The summed E-state index contributed by atoms with van der Waals surface area (Å²) in [5.41, 5.74) is 0.683. The van der Waals surface area contributed by atoms with Gasteiger partial charge in [0, 0.05) is 31.7 Å². The number of ether oxygens (including phenoxy) is 1. The third-order valence-electron chi connectivity index (χ3n) is 4.89. The maximum atomic E-state index is 13.4. The van der Waals surface area contributed by atoms with Gasteiger partial charge in [0.25, 0.3) is 0 Å². The Morgan fingerprint density at radius 1 is 1.10 bits per heavy atom. The zero-order valence-electron chi connectivity index (χ0n) is 16.7. The summed E-state index contributed by atoms with van der Waals surface area (Å²) in [5, 5.41) is 0.454. The number of hydrogen-bond acceptors (Lipinski definition) is 4. The minimum atomic E-state index is -3.86. The van der Waals surface area contributed by atoms with Crippen LogP contribution in [0.5, 0.6) is 5.75 Å². The normalized spacial score (nSPS) is 20.0. The van der Waals surface area contributed by atoms with Crippen molar-refractivity contribution in [3.63, 3.8) is 0 Å². The molecule has 1 aliphatic heterocycles. The van der Waals surface area contributed by atoms with Crippen molar-refractivity contribution < 1.29 is 17.9 Å². The number of rotatable bonds is 4. The molecular weight excluding hydrogens is 414 g/mol. The Morgan fingerprint density at radius 3 is 2.21 bits per heavy atom. The van der Waals surface area contributed by atoms with Gasteiger partial charge in [0.1, 0.15) is 11.9 Å². The van der Waals surface area contributed by atoms with Crippen LogP contribution in [-0.2, 0) is 10.0 Å². The summed E-state index contributed by atoms with van der Waals surface area (Å²) in [6, 6.07) is 12.5. The number of carbonyl (C=O) groups excluding carboxylic acids is 1. The van der Waals surface area contributed by atoms with Crippen LogP contribution in [0.15, 0.2) is 53.4 Å². The fraction of sp³-hybridized carbons (Fsp3) is 0.350. The molecule has 0 saturated carbocycles. The number of halogens is 1. The van der Waals surface area contributed by atoms with Gasteiger partial charge in [-0.1, -0.05) is 23.7 Å². The van der Waals surface area contributed by atoms with Crippen LogP contribution >= 0.6 is 11.6 Å². The first kappa shape index (κ1) is 21.4. The molecular formula is C20H24ClN3O4S. The Hall–Kier alpha value is -2.29. The number of hydrogen-bond donors (Lipinski definition) is 0. The number of nitrogens with zero attached hydrogens (tertiary/aromatic N) is 3. The highest BCUT2D eigenvalue weighted by Gasteiger charge is 2.47. The molecule has 7 nitrogen and oxygen atoms in total. The number of sulfonamides is 1. The fourth-order valence-corrected chi connectivity index (χ4v) is 5.20. The molecule has 9 heteroatoms. The van der Waals surface area contributed by atoms with Gasteiger partial charge in [-0.15, -0.1) is 0 Å². The second-order valence-electron chi connectivity index (χ2n) is 7.11. The largest absolute Gasteiger partial charge is 0.497 e. The first-order valence-corrected chi connectivity index (χ1v) is 10.9. The van der Waals surface area contributed by atoms with Crippen LogP contribution in [0.4, 0.5) is 4.79 Å². The van der Waals surface area contributed by atoms with Crippen molar-refractivity contribution in [1.29, 1.82) is 0 Å². The molecule has 0 aromatic heterocycles. The molecule has 0 radical (unpaired) electrons. The van der Waals surface area contributed by atoms with Crippen LogP contribution in [-0.4, -0.2) is 62.3 Å². The summed E-state index contributed by atoms with van der Waals surface area (Å²) in [7, 11) is 0.997. The lowest BCUT2D eigenvalue weighted by Crippen LogP contribution is -2.44. The third-order valence-corrected chi connectivity index (χ3v) is 6.98. The Balaban J connectivity index is 2.10. The van der Waals surface area contributed by atoms with E-state index in [9.17, 15) is 13.2 Å². The van der Waals surface area contributed by atoms with Crippen LogP contribution in [0.25, 0.3) is 0 Å². The van der Waals surface area contributed by atoms with Gasteiger partial charge in [-0.3, -0.25) is 4.90 Å². The average Bonchev–Trinajstić information content (AvgIpc) is 3.05.